The Morgan fingerprint density at radius 2 is 2.38 bits per heavy atom. The fourth-order valence-electron chi connectivity index (χ4n) is 0.735. The number of ether oxygens (including phenoxy) is 1. The van der Waals surface area contributed by atoms with Crippen molar-refractivity contribution < 1.29 is 19.7 Å². The minimum atomic E-state index is -1.46. The van der Waals surface area contributed by atoms with Gasteiger partial charge in [0, 0.05) is 6.08 Å². The number of rotatable bonds is 5. The molecule has 2 atom stereocenters. The normalized spacial score (nSPS) is 17.2. The van der Waals surface area contributed by atoms with Crippen LogP contribution in [0.3, 0.4) is 0 Å². The van der Waals surface area contributed by atoms with Crippen LogP contribution in [0.1, 0.15) is 13.8 Å². The van der Waals surface area contributed by atoms with E-state index in [1.165, 1.54) is 13.8 Å². The van der Waals surface area contributed by atoms with E-state index in [1.807, 2.05) is 0 Å². The third kappa shape index (κ3) is 5.35. The van der Waals surface area contributed by atoms with Crippen molar-refractivity contribution in [1.29, 1.82) is 0 Å². The zero-order chi connectivity index (χ0) is 10.5. The second kappa shape index (κ2) is 4.96. The summed E-state index contributed by atoms with van der Waals surface area (Å²) in [4.78, 5) is 10.7. The SMILES string of the molecule is C=CC(=O)OC(C)NC(C)(O)CO. The van der Waals surface area contributed by atoms with Crippen molar-refractivity contribution in [2.45, 2.75) is 25.8 Å². The Labute approximate surface area is 77.0 Å². The Bertz CT molecular complexity index is 191. The summed E-state index contributed by atoms with van der Waals surface area (Å²) in [5, 5.41) is 20.4. The zero-order valence-corrected chi connectivity index (χ0v) is 7.78. The van der Waals surface area contributed by atoms with E-state index >= 15 is 0 Å². The number of carbonyl (C=O) groups is 1. The fraction of sp³-hybridized carbons (Fsp3) is 0.625. The summed E-state index contributed by atoms with van der Waals surface area (Å²) >= 11 is 0. The molecule has 0 aliphatic carbocycles. The molecule has 0 saturated carbocycles. The van der Waals surface area contributed by atoms with E-state index in [0.29, 0.717) is 0 Å². The number of aliphatic hydroxyl groups is 2. The average molecular weight is 189 g/mol. The van der Waals surface area contributed by atoms with Gasteiger partial charge < -0.3 is 14.9 Å². The van der Waals surface area contributed by atoms with Crippen LogP contribution < -0.4 is 5.32 Å². The van der Waals surface area contributed by atoms with Crippen molar-refractivity contribution >= 4 is 5.97 Å². The van der Waals surface area contributed by atoms with Crippen molar-refractivity contribution in [1.82, 2.24) is 5.32 Å². The topological polar surface area (TPSA) is 78.8 Å². The molecule has 2 unspecified atom stereocenters. The summed E-state index contributed by atoms with van der Waals surface area (Å²) in [7, 11) is 0. The van der Waals surface area contributed by atoms with Crippen LogP contribution in [0.25, 0.3) is 0 Å². The molecule has 0 radical (unpaired) electrons. The van der Waals surface area contributed by atoms with Crippen LogP contribution in [-0.4, -0.2) is 34.7 Å². The Kier molecular flexibility index (Phi) is 4.61. The quantitative estimate of drug-likeness (QED) is 0.304. The van der Waals surface area contributed by atoms with Gasteiger partial charge in [0.15, 0.2) is 6.23 Å². The van der Waals surface area contributed by atoms with E-state index in [4.69, 9.17) is 9.84 Å². The molecule has 0 bridgehead atoms. The maximum absolute atomic E-state index is 10.7. The molecular weight excluding hydrogens is 174 g/mol. The maximum Gasteiger partial charge on any atom is 0.331 e. The van der Waals surface area contributed by atoms with Gasteiger partial charge in [0.05, 0.1) is 6.61 Å². The van der Waals surface area contributed by atoms with Gasteiger partial charge >= 0.3 is 5.97 Å². The summed E-state index contributed by atoms with van der Waals surface area (Å²) in [5.41, 5.74) is -1.46. The highest BCUT2D eigenvalue weighted by atomic mass is 16.6. The summed E-state index contributed by atoms with van der Waals surface area (Å²) < 4.78 is 4.70. The van der Waals surface area contributed by atoms with Crippen molar-refractivity contribution in [3.05, 3.63) is 12.7 Å². The van der Waals surface area contributed by atoms with Gasteiger partial charge in [-0.25, -0.2) is 4.79 Å². The third-order valence-corrected chi connectivity index (χ3v) is 1.28. The molecule has 0 rings (SSSR count). The molecule has 0 spiro atoms. The Morgan fingerprint density at radius 3 is 2.77 bits per heavy atom. The van der Waals surface area contributed by atoms with Crippen LogP contribution >= 0.6 is 0 Å². The number of nitrogens with one attached hydrogen (secondary N) is 1. The molecule has 0 aromatic rings. The molecule has 0 aliphatic heterocycles. The number of hydrogen-bond donors (Lipinski definition) is 3. The van der Waals surface area contributed by atoms with Crippen molar-refractivity contribution in [2.24, 2.45) is 0 Å². The monoisotopic (exact) mass is 189 g/mol. The molecule has 0 fully saturated rings. The molecule has 0 aromatic carbocycles. The van der Waals surface area contributed by atoms with Gasteiger partial charge in [-0.2, -0.15) is 0 Å². The van der Waals surface area contributed by atoms with Crippen molar-refractivity contribution in [3.63, 3.8) is 0 Å². The lowest BCUT2D eigenvalue weighted by molar-refractivity contribution is -0.149. The van der Waals surface area contributed by atoms with Gasteiger partial charge in [-0.15, -0.1) is 0 Å². The van der Waals surface area contributed by atoms with Gasteiger partial charge in [-0.05, 0) is 13.8 Å². The highest BCUT2D eigenvalue weighted by Crippen LogP contribution is 1.99. The number of aliphatic hydroxyl groups excluding tert-OH is 1. The minimum absolute atomic E-state index is 0.469. The lowest BCUT2D eigenvalue weighted by atomic mass is 10.3. The van der Waals surface area contributed by atoms with Crippen molar-refractivity contribution in [3.8, 4) is 0 Å². The first-order chi connectivity index (χ1) is 5.91. The molecule has 3 N–H and O–H groups in total. The lowest BCUT2D eigenvalue weighted by Crippen LogP contribution is -2.51. The minimum Gasteiger partial charge on any atom is -0.444 e. The highest BCUT2D eigenvalue weighted by molar-refractivity contribution is 5.81. The van der Waals surface area contributed by atoms with E-state index in [-0.39, 0.29) is 0 Å². The maximum atomic E-state index is 10.7. The summed E-state index contributed by atoms with van der Waals surface area (Å²) in [6.07, 6.45) is 0.332. The third-order valence-electron chi connectivity index (χ3n) is 1.28. The second-order valence-corrected chi connectivity index (χ2v) is 2.86. The predicted octanol–water partition coefficient (Wildman–Crippen LogP) is -0.648. The molecule has 0 amide bonds. The molecule has 5 heteroatoms. The van der Waals surface area contributed by atoms with E-state index in [9.17, 15) is 9.90 Å². The van der Waals surface area contributed by atoms with Crippen LogP contribution in [0.5, 0.6) is 0 Å². The molecule has 76 valence electrons. The van der Waals surface area contributed by atoms with E-state index in [1.54, 1.807) is 0 Å². The van der Waals surface area contributed by atoms with Gasteiger partial charge in [-0.1, -0.05) is 6.58 Å². The van der Waals surface area contributed by atoms with Crippen LogP contribution in [0, 0.1) is 0 Å². The Balaban J connectivity index is 3.93. The average Bonchev–Trinajstić information content (AvgIpc) is 2.03. The molecule has 0 heterocycles. The first kappa shape index (κ1) is 12.1. The van der Waals surface area contributed by atoms with Crippen LogP contribution in [0.2, 0.25) is 0 Å². The van der Waals surface area contributed by atoms with E-state index < -0.39 is 24.5 Å². The molecule has 0 aromatic heterocycles. The van der Waals surface area contributed by atoms with Crippen LogP contribution in [0.15, 0.2) is 12.7 Å². The first-order valence-electron chi connectivity index (χ1n) is 3.85. The van der Waals surface area contributed by atoms with E-state index in [0.717, 1.165) is 6.08 Å². The lowest BCUT2D eigenvalue weighted by Gasteiger charge is -2.26. The zero-order valence-electron chi connectivity index (χ0n) is 7.78. The summed E-state index contributed by atoms with van der Waals surface area (Å²) in [5.74, 6) is -0.589. The molecule has 13 heavy (non-hydrogen) atoms. The van der Waals surface area contributed by atoms with Gasteiger partial charge in [0.2, 0.25) is 0 Å². The summed E-state index contributed by atoms with van der Waals surface area (Å²) in [6, 6.07) is 0. The Morgan fingerprint density at radius 1 is 1.85 bits per heavy atom. The standard InChI is InChI=1S/C8H15NO4/c1-4-7(11)13-6(2)9-8(3,12)5-10/h4,6,9-10,12H,1,5H2,2-3H3. The smallest absolute Gasteiger partial charge is 0.331 e. The molecule has 0 saturated heterocycles. The molecule has 0 aliphatic rings. The van der Waals surface area contributed by atoms with Crippen molar-refractivity contribution in [2.75, 3.05) is 6.61 Å². The largest absolute Gasteiger partial charge is 0.444 e. The van der Waals surface area contributed by atoms with Gasteiger partial charge in [0.25, 0.3) is 0 Å². The number of carbonyl (C=O) groups excluding carboxylic acids is 1. The second-order valence-electron chi connectivity index (χ2n) is 2.86. The number of esters is 1. The fourth-order valence-corrected chi connectivity index (χ4v) is 0.735. The molecule has 5 nitrogen and oxygen atoms in total. The highest BCUT2D eigenvalue weighted by Gasteiger charge is 2.22. The van der Waals surface area contributed by atoms with Crippen LogP contribution in [0.4, 0.5) is 0 Å². The van der Waals surface area contributed by atoms with Crippen LogP contribution in [-0.2, 0) is 9.53 Å². The predicted molar refractivity (Wildman–Crippen MR) is 46.6 cm³/mol. The Hall–Kier alpha value is -0.910. The number of hydrogen-bond acceptors (Lipinski definition) is 5. The first-order valence-corrected chi connectivity index (χ1v) is 3.85. The van der Waals surface area contributed by atoms with Gasteiger partial charge in [-0.3, -0.25) is 5.32 Å². The van der Waals surface area contributed by atoms with Gasteiger partial charge in [0.1, 0.15) is 5.72 Å². The summed E-state index contributed by atoms with van der Waals surface area (Å²) in [6.45, 7) is 5.65. The van der Waals surface area contributed by atoms with E-state index in [2.05, 4.69) is 11.9 Å². The molecular formula is C8H15NO4.